The largest absolute Gasteiger partial charge is 0.412 e. The van der Waals surface area contributed by atoms with Gasteiger partial charge in [-0.3, -0.25) is 0 Å². The average Bonchev–Trinajstić information content (AvgIpc) is 2.21. The van der Waals surface area contributed by atoms with Crippen molar-refractivity contribution in [1.29, 1.82) is 0 Å². The summed E-state index contributed by atoms with van der Waals surface area (Å²) in [4.78, 5) is 0. The zero-order chi connectivity index (χ0) is 10.9. The monoisotopic (exact) mass is 344 g/mol. The fourth-order valence-corrected chi connectivity index (χ4v) is 15.1. The van der Waals surface area contributed by atoms with Crippen LogP contribution in [0.1, 0.15) is 59.3 Å². The maximum absolute atomic E-state index is 6.89. The molecule has 0 rings (SSSR count). The number of unbranched alkanes of at least 4 members (excludes halogenated alkanes) is 3. The van der Waals surface area contributed by atoms with E-state index >= 15 is 0 Å². The van der Waals surface area contributed by atoms with Gasteiger partial charge < -0.3 is 5.48 Å². The van der Waals surface area contributed by atoms with E-state index in [2.05, 4.69) is 20.8 Å². The molecule has 0 amide bonds. The summed E-state index contributed by atoms with van der Waals surface area (Å²) >= 11 is -2.09. The molecule has 0 fully saturated rings. The van der Waals surface area contributed by atoms with Crippen LogP contribution in [0.3, 0.4) is 0 Å². The molecule has 0 bridgehead atoms. The Kier molecular flexibility index (Phi) is 14.2. The Balaban J connectivity index is 0. The number of rotatable bonds is 9. The van der Waals surface area contributed by atoms with Crippen molar-refractivity contribution in [3.8, 4) is 0 Å². The van der Waals surface area contributed by atoms with Crippen molar-refractivity contribution >= 4 is 26.2 Å². The third-order valence-electron chi connectivity index (χ3n) is 2.94. The molecule has 0 aromatic carbocycles. The van der Waals surface area contributed by atoms with Gasteiger partial charge in [0, 0.05) is 0 Å². The van der Waals surface area contributed by atoms with Crippen LogP contribution in [0.4, 0.5) is 0 Å². The standard InChI is InChI=1S/3C4H9.ClH.H2O.Sn/c3*1-3-4-2;;;/h3*1,3-4H2,2H3;1H;1H2;/q;;;;;+1/p-1. The molecule has 0 unspecified atom stereocenters. The van der Waals surface area contributed by atoms with E-state index in [4.69, 9.17) is 8.92 Å². The van der Waals surface area contributed by atoms with Gasteiger partial charge in [-0.1, -0.05) is 0 Å². The van der Waals surface area contributed by atoms with Gasteiger partial charge in [-0.25, -0.2) is 0 Å². The summed E-state index contributed by atoms with van der Waals surface area (Å²) in [7, 11) is 6.89. The molecule has 0 aliphatic carbocycles. The molecule has 94 valence electrons. The van der Waals surface area contributed by atoms with Gasteiger partial charge >= 0.3 is 98.8 Å². The van der Waals surface area contributed by atoms with Crippen LogP contribution in [0.25, 0.3) is 0 Å². The van der Waals surface area contributed by atoms with Crippen LogP contribution >= 0.6 is 8.92 Å². The van der Waals surface area contributed by atoms with Gasteiger partial charge in [0.1, 0.15) is 0 Å². The minimum Gasteiger partial charge on any atom is -0.412 e. The normalized spacial score (nSPS) is 11.2. The Labute approximate surface area is 104 Å². The molecule has 0 saturated heterocycles. The second kappa shape index (κ2) is 11.5. The number of hydrogen-bond acceptors (Lipinski definition) is 0. The zero-order valence-electron chi connectivity index (χ0n) is 10.7. The molecular formula is C12H29ClOSn. The SMILES string of the molecule is CCC[CH2][Sn]([Cl])([CH2]CCC)[CH2]CCC.O. The maximum Gasteiger partial charge on any atom is -0.412 e. The van der Waals surface area contributed by atoms with Crippen LogP contribution in [0.15, 0.2) is 0 Å². The van der Waals surface area contributed by atoms with E-state index in [1.807, 2.05) is 0 Å². The van der Waals surface area contributed by atoms with E-state index in [0.717, 1.165) is 0 Å². The number of halogens is 1. The van der Waals surface area contributed by atoms with E-state index < -0.39 is 17.3 Å². The Bertz CT molecular complexity index is 109. The fourth-order valence-electron chi connectivity index (χ4n) is 1.86. The molecule has 0 radical (unpaired) electrons. The van der Waals surface area contributed by atoms with Crippen molar-refractivity contribution in [3.63, 3.8) is 0 Å². The zero-order valence-corrected chi connectivity index (χ0v) is 14.4. The predicted octanol–water partition coefficient (Wildman–Crippen LogP) is 4.75. The van der Waals surface area contributed by atoms with Crippen molar-refractivity contribution in [2.45, 2.75) is 72.6 Å². The molecule has 0 atom stereocenters. The van der Waals surface area contributed by atoms with E-state index in [0.29, 0.717) is 0 Å². The molecule has 0 aliphatic heterocycles. The van der Waals surface area contributed by atoms with Crippen molar-refractivity contribution < 1.29 is 5.48 Å². The van der Waals surface area contributed by atoms with Gasteiger partial charge in [0.25, 0.3) is 0 Å². The third-order valence-corrected chi connectivity index (χ3v) is 17.4. The van der Waals surface area contributed by atoms with Crippen LogP contribution in [-0.2, 0) is 0 Å². The maximum atomic E-state index is 6.89. The van der Waals surface area contributed by atoms with Crippen molar-refractivity contribution in [2.75, 3.05) is 0 Å². The summed E-state index contributed by atoms with van der Waals surface area (Å²) in [5, 5.41) is 0. The topological polar surface area (TPSA) is 31.5 Å². The first-order valence-electron chi connectivity index (χ1n) is 6.37. The Morgan fingerprint density at radius 2 is 1.00 bits per heavy atom. The fraction of sp³-hybridized carbons (Fsp3) is 1.00. The summed E-state index contributed by atoms with van der Waals surface area (Å²) in [5.41, 5.74) is 0. The number of hydrogen-bond donors (Lipinski definition) is 0. The molecular weight excluding hydrogens is 314 g/mol. The van der Waals surface area contributed by atoms with E-state index in [1.54, 1.807) is 0 Å². The summed E-state index contributed by atoms with van der Waals surface area (Å²) in [6.45, 7) is 6.84. The van der Waals surface area contributed by atoms with E-state index in [-0.39, 0.29) is 5.48 Å². The molecule has 0 aliphatic rings. The van der Waals surface area contributed by atoms with Gasteiger partial charge in [-0.2, -0.15) is 0 Å². The van der Waals surface area contributed by atoms with Crippen LogP contribution in [-0.4, -0.2) is 22.7 Å². The van der Waals surface area contributed by atoms with Gasteiger partial charge in [-0.15, -0.1) is 0 Å². The first-order chi connectivity index (χ1) is 6.68. The summed E-state index contributed by atoms with van der Waals surface area (Å²) in [6.07, 6.45) is 8.12. The van der Waals surface area contributed by atoms with Crippen molar-refractivity contribution in [3.05, 3.63) is 0 Å². The first kappa shape index (κ1) is 18.4. The summed E-state index contributed by atoms with van der Waals surface area (Å²) in [6, 6.07) is 0. The minimum atomic E-state index is -2.09. The molecule has 0 aromatic rings. The smallest absolute Gasteiger partial charge is 0.412 e. The molecule has 0 spiro atoms. The Morgan fingerprint density at radius 1 is 0.733 bits per heavy atom. The molecule has 3 heteroatoms. The van der Waals surface area contributed by atoms with Crippen molar-refractivity contribution in [2.24, 2.45) is 0 Å². The minimum absolute atomic E-state index is 0. The molecule has 2 N–H and O–H groups in total. The van der Waals surface area contributed by atoms with Gasteiger partial charge in [0.05, 0.1) is 0 Å². The van der Waals surface area contributed by atoms with Gasteiger partial charge in [0.15, 0.2) is 0 Å². The molecule has 15 heavy (non-hydrogen) atoms. The van der Waals surface area contributed by atoms with Crippen LogP contribution in [0, 0.1) is 0 Å². The van der Waals surface area contributed by atoms with Crippen LogP contribution in [0.5, 0.6) is 0 Å². The summed E-state index contributed by atoms with van der Waals surface area (Å²) in [5.74, 6) is 0. The predicted molar refractivity (Wildman–Crippen MR) is 74.4 cm³/mol. The third kappa shape index (κ3) is 9.95. The molecule has 1 nitrogen and oxygen atoms in total. The molecule has 0 heterocycles. The Morgan fingerprint density at radius 3 is 1.20 bits per heavy atom. The van der Waals surface area contributed by atoms with E-state index in [9.17, 15) is 0 Å². The first-order valence-corrected chi connectivity index (χ1v) is 16.0. The summed E-state index contributed by atoms with van der Waals surface area (Å²) < 4.78 is 4.27. The Hall–Kier alpha value is 1.05. The van der Waals surface area contributed by atoms with Crippen molar-refractivity contribution in [1.82, 2.24) is 0 Å². The molecule has 0 saturated carbocycles. The average molecular weight is 344 g/mol. The second-order valence-corrected chi connectivity index (χ2v) is 20.7. The molecule has 0 aromatic heterocycles. The van der Waals surface area contributed by atoms with Crippen LogP contribution < -0.4 is 0 Å². The van der Waals surface area contributed by atoms with Gasteiger partial charge in [0.2, 0.25) is 0 Å². The van der Waals surface area contributed by atoms with E-state index in [1.165, 1.54) is 51.8 Å². The quantitative estimate of drug-likeness (QED) is 0.541. The van der Waals surface area contributed by atoms with Gasteiger partial charge in [-0.05, 0) is 0 Å². The van der Waals surface area contributed by atoms with Crippen LogP contribution in [0.2, 0.25) is 13.3 Å². The second-order valence-electron chi connectivity index (χ2n) is 4.46.